The van der Waals surface area contributed by atoms with Crippen LogP contribution < -0.4 is 0 Å². The van der Waals surface area contributed by atoms with Crippen LogP contribution in [0.5, 0.6) is 0 Å². The summed E-state index contributed by atoms with van der Waals surface area (Å²) in [4.78, 5) is 25.8. The van der Waals surface area contributed by atoms with Crippen LogP contribution >= 0.6 is 23.2 Å². The summed E-state index contributed by atoms with van der Waals surface area (Å²) in [5.74, 6) is -1.61. The highest BCUT2D eigenvalue weighted by atomic mass is 35.5. The van der Waals surface area contributed by atoms with Crippen molar-refractivity contribution in [3.8, 4) is 0 Å². The van der Waals surface area contributed by atoms with E-state index >= 15 is 0 Å². The van der Waals surface area contributed by atoms with Crippen molar-refractivity contribution in [2.75, 3.05) is 7.05 Å². The zero-order valence-electron chi connectivity index (χ0n) is 12.7. The predicted molar refractivity (Wildman–Crippen MR) is 93.0 cm³/mol. The van der Waals surface area contributed by atoms with Crippen molar-refractivity contribution in [1.29, 1.82) is 0 Å². The van der Waals surface area contributed by atoms with Gasteiger partial charge in [0.25, 0.3) is 11.7 Å². The summed E-state index contributed by atoms with van der Waals surface area (Å²) in [5, 5.41) is 11.7. The van der Waals surface area contributed by atoms with Gasteiger partial charge in [0.05, 0.1) is 11.6 Å². The number of likely N-dealkylation sites (N-methyl/N-ethyl adjacent to an activating group) is 1. The standard InChI is InChI=1S/C18H13Cl2NO3/c1-21-15(10-2-6-12(19)7-3-10)14(17(23)18(21)24)16(22)11-4-8-13(20)9-5-11/h2-9,15,22H,1H3/t15-/m1/s1. The topological polar surface area (TPSA) is 57.6 Å². The Bertz CT molecular complexity index is 842. The molecule has 1 amide bonds. The van der Waals surface area contributed by atoms with Crippen molar-refractivity contribution >= 4 is 40.7 Å². The number of ketones is 1. The fourth-order valence-corrected chi connectivity index (χ4v) is 3.00. The second-order valence-corrected chi connectivity index (χ2v) is 6.34. The second kappa shape index (κ2) is 6.30. The van der Waals surface area contributed by atoms with Crippen LogP contribution in [0, 0.1) is 0 Å². The number of likely N-dealkylation sites (tertiary alicyclic amines) is 1. The summed E-state index contributed by atoms with van der Waals surface area (Å²) in [5.41, 5.74) is 1.16. The molecule has 1 heterocycles. The molecule has 0 spiro atoms. The van der Waals surface area contributed by atoms with Gasteiger partial charge in [0.1, 0.15) is 5.76 Å². The Morgan fingerprint density at radius 2 is 1.46 bits per heavy atom. The summed E-state index contributed by atoms with van der Waals surface area (Å²) in [7, 11) is 1.53. The van der Waals surface area contributed by atoms with E-state index in [4.69, 9.17) is 23.2 Å². The van der Waals surface area contributed by atoms with Crippen LogP contribution in [0.2, 0.25) is 10.0 Å². The summed E-state index contributed by atoms with van der Waals surface area (Å²) in [6, 6.07) is 12.5. The number of hydrogen-bond acceptors (Lipinski definition) is 3. The molecule has 122 valence electrons. The van der Waals surface area contributed by atoms with Gasteiger partial charge in [-0.1, -0.05) is 35.3 Å². The van der Waals surface area contributed by atoms with Crippen LogP contribution in [0.3, 0.4) is 0 Å². The number of aliphatic hydroxyl groups is 1. The first kappa shape index (κ1) is 16.6. The second-order valence-electron chi connectivity index (χ2n) is 5.47. The van der Waals surface area contributed by atoms with E-state index in [0.29, 0.717) is 21.2 Å². The van der Waals surface area contributed by atoms with Gasteiger partial charge in [-0.15, -0.1) is 0 Å². The highest BCUT2D eigenvalue weighted by Gasteiger charge is 2.44. The summed E-state index contributed by atoms with van der Waals surface area (Å²) >= 11 is 11.8. The number of nitrogens with zero attached hydrogens (tertiary/aromatic N) is 1. The molecule has 6 heteroatoms. The van der Waals surface area contributed by atoms with Crippen molar-refractivity contribution < 1.29 is 14.7 Å². The molecule has 1 aliphatic heterocycles. The molecule has 1 aliphatic rings. The van der Waals surface area contributed by atoms with Crippen molar-refractivity contribution in [2.24, 2.45) is 0 Å². The van der Waals surface area contributed by atoms with E-state index in [1.807, 2.05) is 0 Å². The number of hydrogen-bond donors (Lipinski definition) is 1. The van der Waals surface area contributed by atoms with E-state index in [9.17, 15) is 14.7 Å². The van der Waals surface area contributed by atoms with Gasteiger partial charge >= 0.3 is 0 Å². The van der Waals surface area contributed by atoms with Gasteiger partial charge in [-0.3, -0.25) is 9.59 Å². The van der Waals surface area contributed by atoms with Gasteiger partial charge in [0.15, 0.2) is 0 Å². The molecule has 0 radical (unpaired) electrons. The van der Waals surface area contributed by atoms with E-state index in [1.165, 1.54) is 11.9 Å². The smallest absolute Gasteiger partial charge is 0.295 e. The Balaban J connectivity index is 2.16. The lowest BCUT2D eigenvalue weighted by Crippen LogP contribution is -2.24. The minimum atomic E-state index is -0.718. The minimum absolute atomic E-state index is 0.0483. The third-order valence-electron chi connectivity index (χ3n) is 3.98. The number of amides is 1. The largest absolute Gasteiger partial charge is 0.507 e. The summed E-state index contributed by atoms with van der Waals surface area (Å²) in [6.07, 6.45) is 0. The molecule has 1 atom stereocenters. The van der Waals surface area contributed by atoms with Gasteiger partial charge in [0, 0.05) is 22.7 Å². The Morgan fingerprint density at radius 1 is 0.958 bits per heavy atom. The molecule has 1 N–H and O–H groups in total. The molecule has 0 unspecified atom stereocenters. The molecular weight excluding hydrogens is 349 g/mol. The maximum atomic E-state index is 12.4. The number of rotatable bonds is 2. The lowest BCUT2D eigenvalue weighted by molar-refractivity contribution is -0.139. The van der Waals surface area contributed by atoms with Gasteiger partial charge < -0.3 is 10.0 Å². The van der Waals surface area contributed by atoms with Crippen LogP contribution in [0.25, 0.3) is 5.76 Å². The van der Waals surface area contributed by atoms with E-state index in [2.05, 4.69) is 0 Å². The molecule has 2 aromatic rings. The van der Waals surface area contributed by atoms with Gasteiger partial charge in [-0.2, -0.15) is 0 Å². The summed E-state index contributed by atoms with van der Waals surface area (Å²) in [6.45, 7) is 0. The first-order valence-electron chi connectivity index (χ1n) is 7.16. The Morgan fingerprint density at radius 3 is 2.00 bits per heavy atom. The molecule has 1 fully saturated rings. The molecule has 0 aromatic heterocycles. The van der Waals surface area contributed by atoms with Gasteiger partial charge in [-0.25, -0.2) is 0 Å². The minimum Gasteiger partial charge on any atom is -0.507 e. The molecule has 2 aromatic carbocycles. The Hall–Kier alpha value is -2.30. The Kier molecular flexibility index (Phi) is 4.35. The van der Waals surface area contributed by atoms with Crippen LogP contribution in [-0.2, 0) is 9.59 Å². The molecule has 0 saturated carbocycles. The highest BCUT2D eigenvalue weighted by molar-refractivity contribution is 6.46. The average molecular weight is 362 g/mol. The van der Waals surface area contributed by atoms with E-state index in [1.54, 1.807) is 48.5 Å². The lowest BCUT2D eigenvalue weighted by Gasteiger charge is -2.21. The van der Waals surface area contributed by atoms with Crippen LogP contribution in [0.1, 0.15) is 17.2 Å². The van der Waals surface area contributed by atoms with E-state index < -0.39 is 17.7 Å². The maximum absolute atomic E-state index is 12.4. The zero-order chi connectivity index (χ0) is 17.4. The normalized spacial score (nSPS) is 19.8. The zero-order valence-corrected chi connectivity index (χ0v) is 14.2. The predicted octanol–water partition coefficient (Wildman–Crippen LogP) is 4.04. The van der Waals surface area contributed by atoms with Crippen LogP contribution in [0.4, 0.5) is 0 Å². The molecule has 4 nitrogen and oxygen atoms in total. The number of carbonyl (C=O) groups excluding carboxylic acids is 2. The first-order valence-corrected chi connectivity index (χ1v) is 7.91. The quantitative estimate of drug-likeness (QED) is 0.498. The number of benzene rings is 2. The van der Waals surface area contributed by atoms with Crippen molar-refractivity contribution in [3.05, 3.63) is 75.3 Å². The third kappa shape index (κ3) is 2.79. The molecule has 3 rings (SSSR count). The SMILES string of the molecule is CN1C(=O)C(=O)C(=C(O)c2ccc(Cl)cc2)[C@H]1c1ccc(Cl)cc1. The monoisotopic (exact) mass is 361 g/mol. The van der Waals surface area contributed by atoms with Gasteiger partial charge in [-0.05, 0) is 42.0 Å². The van der Waals surface area contributed by atoms with Gasteiger partial charge in [0.2, 0.25) is 0 Å². The lowest BCUT2D eigenvalue weighted by atomic mass is 9.95. The average Bonchev–Trinajstić information content (AvgIpc) is 2.80. The van der Waals surface area contributed by atoms with Crippen LogP contribution in [-0.4, -0.2) is 28.7 Å². The molecule has 0 bridgehead atoms. The number of halogens is 2. The third-order valence-corrected chi connectivity index (χ3v) is 4.48. The number of aliphatic hydroxyl groups excluding tert-OH is 1. The Labute approximate surface area is 148 Å². The highest BCUT2D eigenvalue weighted by Crippen LogP contribution is 2.38. The molecular formula is C18H13Cl2NO3. The fraction of sp³-hybridized carbons (Fsp3) is 0.111. The van der Waals surface area contributed by atoms with Crippen molar-refractivity contribution in [1.82, 2.24) is 4.90 Å². The maximum Gasteiger partial charge on any atom is 0.295 e. The van der Waals surface area contributed by atoms with E-state index in [0.717, 1.165) is 0 Å². The molecule has 24 heavy (non-hydrogen) atoms. The summed E-state index contributed by atoms with van der Waals surface area (Å²) < 4.78 is 0. The van der Waals surface area contributed by atoms with E-state index in [-0.39, 0.29) is 11.3 Å². The number of Topliss-reactive ketones (excluding diaryl/α,β-unsaturated/α-hetero) is 1. The number of carbonyl (C=O) groups is 2. The first-order chi connectivity index (χ1) is 11.4. The van der Waals surface area contributed by atoms with Crippen molar-refractivity contribution in [2.45, 2.75) is 6.04 Å². The fourth-order valence-electron chi connectivity index (χ4n) is 2.75. The molecule has 0 aliphatic carbocycles. The van der Waals surface area contributed by atoms with Crippen molar-refractivity contribution in [3.63, 3.8) is 0 Å². The van der Waals surface area contributed by atoms with Crippen LogP contribution in [0.15, 0.2) is 54.1 Å². The molecule has 1 saturated heterocycles.